The molecule has 12 heavy (non-hydrogen) atoms. The Hall–Kier alpha value is -0.430. The third kappa shape index (κ3) is 1.84. The van der Waals surface area contributed by atoms with Crippen LogP contribution < -0.4 is 0 Å². The molecule has 1 rings (SSSR count). The van der Waals surface area contributed by atoms with Gasteiger partial charge in [-0.25, -0.2) is 16.8 Å². The quantitative estimate of drug-likeness (QED) is 0.522. The Labute approximate surface area is 70.6 Å². The van der Waals surface area contributed by atoms with Crippen molar-refractivity contribution in [3.63, 3.8) is 0 Å². The van der Waals surface area contributed by atoms with E-state index in [1.165, 1.54) is 0 Å². The van der Waals surface area contributed by atoms with Crippen LogP contribution in [0.3, 0.4) is 0 Å². The van der Waals surface area contributed by atoms with Gasteiger partial charge in [0.1, 0.15) is 11.0 Å². The normalized spacial score (nSPS) is 29.1. The van der Waals surface area contributed by atoms with Gasteiger partial charge in [-0.2, -0.15) is 0 Å². The lowest BCUT2D eigenvalue weighted by atomic mass is 10.3. The lowest BCUT2D eigenvalue weighted by Crippen LogP contribution is -2.27. The van der Waals surface area contributed by atoms with Gasteiger partial charge in [0.15, 0.2) is 25.5 Å². The molecule has 1 atom stereocenters. The van der Waals surface area contributed by atoms with Crippen LogP contribution in [0, 0.1) is 0 Å². The van der Waals surface area contributed by atoms with E-state index >= 15 is 0 Å². The maximum absolute atomic E-state index is 10.9. The first kappa shape index (κ1) is 9.66. The Bertz CT molecular complexity index is 401. The SMILES string of the molecule is CS(=O)(=O)C1CS(=O)(=O)CC1=O. The molecule has 0 aliphatic carbocycles. The fourth-order valence-corrected chi connectivity index (χ4v) is 4.73. The van der Waals surface area contributed by atoms with Crippen molar-refractivity contribution in [1.29, 1.82) is 0 Å². The van der Waals surface area contributed by atoms with Crippen LogP contribution in [0.1, 0.15) is 0 Å². The van der Waals surface area contributed by atoms with Gasteiger partial charge in [0.2, 0.25) is 0 Å². The van der Waals surface area contributed by atoms with Crippen molar-refractivity contribution < 1.29 is 21.6 Å². The van der Waals surface area contributed by atoms with Crippen molar-refractivity contribution >= 4 is 25.5 Å². The van der Waals surface area contributed by atoms with Crippen LogP contribution in [0.2, 0.25) is 0 Å². The molecule has 1 heterocycles. The molecule has 1 saturated heterocycles. The zero-order valence-corrected chi connectivity index (χ0v) is 7.98. The summed E-state index contributed by atoms with van der Waals surface area (Å²) in [6, 6.07) is 0. The second-order valence-electron chi connectivity index (χ2n) is 2.84. The number of hydrogen-bond acceptors (Lipinski definition) is 5. The first-order valence-electron chi connectivity index (χ1n) is 3.14. The Balaban J connectivity index is 3.09. The predicted octanol–water partition coefficient (Wildman–Crippen LogP) is -1.60. The number of ketones is 1. The second kappa shape index (κ2) is 2.53. The van der Waals surface area contributed by atoms with Gasteiger partial charge < -0.3 is 0 Å². The lowest BCUT2D eigenvalue weighted by Gasteiger charge is -2.00. The van der Waals surface area contributed by atoms with Gasteiger partial charge in [0.25, 0.3) is 0 Å². The van der Waals surface area contributed by atoms with Crippen LogP contribution in [-0.4, -0.2) is 45.6 Å². The summed E-state index contributed by atoms with van der Waals surface area (Å²) in [5.41, 5.74) is 0. The summed E-state index contributed by atoms with van der Waals surface area (Å²) in [6.07, 6.45) is 0.871. The van der Waals surface area contributed by atoms with Crippen LogP contribution in [0.5, 0.6) is 0 Å². The van der Waals surface area contributed by atoms with Crippen LogP contribution in [-0.2, 0) is 24.5 Å². The van der Waals surface area contributed by atoms with Gasteiger partial charge >= 0.3 is 0 Å². The van der Waals surface area contributed by atoms with E-state index in [9.17, 15) is 21.6 Å². The predicted molar refractivity (Wildman–Crippen MR) is 42.3 cm³/mol. The standard InChI is InChI=1S/C5H8O5S2/c1-11(7,8)5-3-12(9,10)2-4(5)6/h5H,2-3H2,1H3. The lowest BCUT2D eigenvalue weighted by molar-refractivity contribution is -0.115. The highest BCUT2D eigenvalue weighted by atomic mass is 32.2. The summed E-state index contributed by atoms with van der Waals surface area (Å²) in [6.45, 7) is 0. The number of carbonyl (C=O) groups excluding carboxylic acids is 1. The van der Waals surface area contributed by atoms with Crippen molar-refractivity contribution in [3.05, 3.63) is 0 Å². The fraction of sp³-hybridized carbons (Fsp3) is 0.800. The van der Waals surface area contributed by atoms with Crippen molar-refractivity contribution in [1.82, 2.24) is 0 Å². The molecule has 1 aliphatic rings. The summed E-state index contributed by atoms with van der Waals surface area (Å²) in [4.78, 5) is 10.9. The number of sulfone groups is 2. The van der Waals surface area contributed by atoms with E-state index in [2.05, 4.69) is 0 Å². The van der Waals surface area contributed by atoms with Crippen molar-refractivity contribution in [2.24, 2.45) is 0 Å². The maximum atomic E-state index is 10.9. The van der Waals surface area contributed by atoms with Gasteiger partial charge in [-0.05, 0) is 0 Å². The minimum Gasteiger partial charge on any atom is -0.297 e. The van der Waals surface area contributed by atoms with Gasteiger partial charge in [0, 0.05) is 6.26 Å². The average molecular weight is 212 g/mol. The number of rotatable bonds is 1. The molecule has 0 N–H and O–H groups in total. The van der Waals surface area contributed by atoms with E-state index in [0.29, 0.717) is 0 Å². The average Bonchev–Trinajstić information content (AvgIpc) is 2.03. The third-order valence-corrected chi connectivity index (χ3v) is 4.88. The van der Waals surface area contributed by atoms with Crippen molar-refractivity contribution in [3.8, 4) is 0 Å². The van der Waals surface area contributed by atoms with Gasteiger partial charge in [-0.1, -0.05) is 0 Å². The summed E-state index contributed by atoms with van der Waals surface area (Å²) in [7, 11) is -7.01. The van der Waals surface area contributed by atoms with E-state index < -0.39 is 42.2 Å². The number of carbonyl (C=O) groups is 1. The second-order valence-corrected chi connectivity index (χ2v) is 7.18. The number of Topliss-reactive ketones (excluding diaryl/α,β-unsaturated/α-hetero) is 1. The largest absolute Gasteiger partial charge is 0.297 e. The Morgan fingerprint density at radius 1 is 1.42 bits per heavy atom. The molecular weight excluding hydrogens is 204 g/mol. The summed E-state index contributed by atoms with van der Waals surface area (Å²) in [5.74, 6) is -1.90. The van der Waals surface area contributed by atoms with Crippen molar-refractivity contribution in [2.75, 3.05) is 17.8 Å². The van der Waals surface area contributed by atoms with E-state index in [1.807, 2.05) is 0 Å². The minimum absolute atomic E-state index is 0.551. The first-order chi connectivity index (χ1) is 5.22. The molecular formula is C5H8O5S2. The molecule has 1 fully saturated rings. The van der Waals surface area contributed by atoms with Crippen LogP contribution in [0.25, 0.3) is 0 Å². The maximum Gasteiger partial charge on any atom is 0.166 e. The molecule has 0 aromatic carbocycles. The molecule has 0 saturated carbocycles. The van der Waals surface area contributed by atoms with Gasteiger partial charge in [-0.3, -0.25) is 4.79 Å². The van der Waals surface area contributed by atoms with Crippen LogP contribution in [0.4, 0.5) is 0 Å². The molecule has 1 unspecified atom stereocenters. The Morgan fingerprint density at radius 3 is 2.08 bits per heavy atom. The Morgan fingerprint density at radius 2 is 1.92 bits per heavy atom. The van der Waals surface area contributed by atoms with E-state index in [0.717, 1.165) is 6.26 Å². The molecule has 0 aromatic heterocycles. The zero-order chi connectivity index (χ0) is 9.57. The van der Waals surface area contributed by atoms with Crippen LogP contribution in [0.15, 0.2) is 0 Å². The highest BCUT2D eigenvalue weighted by Gasteiger charge is 2.42. The summed E-state index contributed by atoms with van der Waals surface area (Å²) < 4.78 is 43.3. The zero-order valence-electron chi connectivity index (χ0n) is 6.35. The Kier molecular flexibility index (Phi) is 2.03. The molecule has 1 aliphatic heterocycles. The van der Waals surface area contributed by atoms with Crippen molar-refractivity contribution in [2.45, 2.75) is 5.25 Å². The molecule has 0 spiro atoms. The summed E-state index contributed by atoms with van der Waals surface area (Å²) in [5, 5.41) is -1.33. The molecule has 0 bridgehead atoms. The molecule has 7 heteroatoms. The highest BCUT2D eigenvalue weighted by Crippen LogP contribution is 2.14. The topological polar surface area (TPSA) is 85.3 Å². The molecule has 0 radical (unpaired) electrons. The van der Waals surface area contributed by atoms with Crippen LogP contribution >= 0.6 is 0 Å². The van der Waals surface area contributed by atoms with Gasteiger partial charge in [-0.15, -0.1) is 0 Å². The molecule has 0 aromatic rings. The van der Waals surface area contributed by atoms with E-state index in [1.54, 1.807) is 0 Å². The van der Waals surface area contributed by atoms with E-state index in [-0.39, 0.29) is 0 Å². The highest BCUT2D eigenvalue weighted by molar-refractivity contribution is 7.97. The third-order valence-electron chi connectivity index (χ3n) is 1.64. The summed E-state index contributed by atoms with van der Waals surface area (Å²) >= 11 is 0. The fourth-order valence-electron chi connectivity index (χ4n) is 1.05. The number of hydrogen-bond donors (Lipinski definition) is 0. The van der Waals surface area contributed by atoms with E-state index in [4.69, 9.17) is 0 Å². The smallest absolute Gasteiger partial charge is 0.166 e. The minimum atomic E-state index is -3.55. The molecule has 70 valence electrons. The van der Waals surface area contributed by atoms with Gasteiger partial charge in [0.05, 0.1) is 5.75 Å². The first-order valence-corrected chi connectivity index (χ1v) is 6.92. The molecule has 0 amide bonds. The molecule has 5 nitrogen and oxygen atoms in total. The monoisotopic (exact) mass is 212 g/mol.